The number of H-pyrrole nitrogens is 1. The fourth-order valence-corrected chi connectivity index (χ4v) is 16.7. The molecule has 0 bridgehead atoms. The highest BCUT2D eigenvalue weighted by atomic mass is 79.9. The van der Waals surface area contributed by atoms with Crippen LogP contribution in [0.3, 0.4) is 0 Å². The Balaban J connectivity index is 2.09. The third kappa shape index (κ3) is 5.02. The zero-order valence-corrected chi connectivity index (χ0v) is 25.0. The van der Waals surface area contributed by atoms with Gasteiger partial charge >= 0.3 is 22.8 Å². The van der Waals surface area contributed by atoms with Crippen LogP contribution in [-0.2, 0) is 17.7 Å². The summed E-state index contributed by atoms with van der Waals surface area (Å²) in [5.74, 6) is 0. The first-order valence-electron chi connectivity index (χ1n) is 12.6. The quantitative estimate of drug-likeness (QED) is 0.472. The Bertz CT molecular complexity index is 1040. The van der Waals surface area contributed by atoms with Crippen LogP contribution in [0.15, 0.2) is 20.6 Å². The van der Waals surface area contributed by atoms with E-state index in [0.717, 1.165) is 0 Å². The van der Waals surface area contributed by atoms with E-state index in [1.807, 2.05) is 0 Å². The summed E-state index contributed by atoms with van der Waals surface area (Å²) in [7, 11) is -5.49. The van der Waals surface area contributed by atoms with Gasteiger partial charge in [0.25, 0.3) is 5.56 Å². The van der Waals surface area contributed by atoms with E-state index in [1.165, 1.54) is 16.7 Å². The lowest BCUT2D eigenvalue weighted by atomic mass is 10.2. The Hall–Kier alpha value is -0.826. The molecule has 11 heteroatoms. The minimum Gasteiger partial charge on any atom is -0.414 e. The molecule has 8 nitrogen and oxygen atoms in total. The Morgan fingerprint density at radius 2 is 1.65 bits per heavy atom. The lowest BCUT2D eigenvalue weighted by molar-refractivity contribution is -0.0567. The van der Waals surface area contributed by atoms with Gasteiger partial charge in [-0.05, 0) is 33.2 Å². The minimum atomic E-state index is -2.80. The van der Waals surface area contributed by atoms with Gasteiger partial charge in [0, 0.05) is 12.5 Å². The maximum absolute atomic E-state index is 12.8. The zero-order chi connectivity index (χ0) is 26.3. The van der Waals surface area contributed by atoms with Crippen LogP contribution in [0.2, 0.25) is 22.2 Å². The van der Waals surface area contributed by atoms with Crippen LogP contribution in [0.25, 0.3) is 6.08 Å². The Morgan fingerprint density at radius 1 is 1.06 bits per heavy atom. The summed E-state index contributed by atoms with van der Waals surface area (Å²) in [4.78, 5) is 27.2. The number of hydrogen-bond donors (Lipinski definition) is 1. The van der Waals surface area contributed by atoms with E-state index in [4.69, 9.17) is 19.1 Å². The van der Waals surface area contributed by atoms with Gasteiger partial charge in [0.2, 0.25) is 0 Å². The molecule has 2 saturated heterocycles. The molecule has 34 heavy (non-hydrogen) atoms. The van der Waals surface area contributed by atoms with Gasteiger partial charge in [0.15, 0.2) is 0 Å². The summed E-state index contributed by atoms with van der Waals surface area (Å²) in [6, 6.07) is 1.29. The Labute approximate surface area is 214 Å². The van der Waals surface area contributed by atoms with E-state index < -0.39 is 34.6 Å². The Morgan fingerprint density at radius 3 is 2.18 bits per heavy atom. The molecule has 3 heterocycles. The van der Waals surface area contributed by atoms with E-state index >= 15 is 0 Å². The van der Waals surface area contributed by atoms with Crippen LogP contribution in [0, 0.1) is 0 Å². The molecule has 2 aliphatic heterocycles. The van der Waals surface area contributed by atoms with Crippen LogP contribution in [-0.4, -0.2) is 45.5 Å². The second-order valence-corrected chi connectivity index (χ2v) is 19.8. The van der Waals surface area contributed by atoms with Crippen molar-refractivity contribution in [3.63, 3.8) is 0 Å². The van der Waals surface area contributed by atoms with Crippen molar-refractivity contribution >= 4 is 39.1 Å². The summed E-state index contributed by atoms with van der Waals surface area (Å²) in [6.45, 7) is 17.6. The third-order valence-electron chi connectivity index (χ3n) is 7.02. The molecule has 0 saturated carbocycles. The molecule has 192 valence electrons. The third-order valence-corrected chi connectivity index (χ3v) is 17.5. The predicted molar refractivity (Wildman–Crippen MR) is 142 cm³/mol. The number of aromatic amines is 1. The topological polar surface area (TPSA) is 91.8 Å². The van der Waals surface area contributed by atoms with Crippen molar-refractivity contribution in [3.05, 3.63) is 37.6 Å². The molecule has 0 amide bonds. The van der Waals surface area contributed by atoms with Crippen molar-refractivity contribution < 1.29 is 19.1 Å². The number of rotatable bonds is 6. The average molecular weight is 577 g/mol. The smallest absolute Gasteiger partial charge is 0.335 e. The fraction of sp³-hybridized carbons (Fsp3) is 0.739. The molecule has 3 atom stereocenters. The number of hydrogen-bond acceptors (Lipinski definition) is 6. The minimum absolute atomic E-state index is 0.0453. The number of fused-ring (bicyclic) bond motifs is 1. The van der Waals surface area contributed by atoms with E-state index in [2.05, 4.69) is 76.3 Å². The van der Waals surface area contributed by atoms with Gasteiger partial charge < -0.3 is 17.7 Å². The molecule has 1 aromatic heterocycles. The number of halogens is 1. The predicted octanol–water partition coefficient (Wildman–Crippen LogP) is 5.15. The number of nitrogens with zero attached hydrogens (tertiary/aromatic N) is 1. The SMILES string of the molecule is [2H]/C(Br)=C/c1cc(=O)[nH]c(=O)n1[C@H]1C[C@@H]2O[Si](C(C)C)(C(C)C)O[Si](C(C)C)(C(C)C)OC[C@H]2O1. The van der Waals surface area contributed by atoms with Gasteiger partial charge in [0.1, 0.15) is 12.3 Å². The van der Waals surface area contributed by atoms with Crippen LogP contribution in [0.5, 0.6) is 0 Å². The van der Waals surface area contributed by atoms with Gasteiger partial charge in [-0.2, -0.15) is 0 Å². The molecule has 1 N–H and O–H groups in total. The molecular formula is C23H39BrN2O6Si2. The summed E-state index contributed by atoms with van der Waals surface area (Å²) in [6.07, 6.45) is 0.448. The molecular weight excluding hydrogens is 536 g/mol. The highest BCUT2D eigenvalue weighted by Crippen LogP contribution is 2.48. The fourth-order valence-electron chi connectivity index (χ4n) is 5.28. The normalized spacial score (nSPS) is 27.7. The van der Waals surface area contributed by atoms with Gasteiger partial charge in [-0.25, -0.2) is 4.79 Å². The van der Waals surface area contributed by atoms with Gasteiger partial charge in [0.05, 0.1) is 19.8 Å². The lowest BCUT2D eigenvalue weighted by Gasteiger charge is -2.51. The molecule has 0 spiro atoms. The van der Waals surface area contributed by atoms with E-state index in [0.29, 0.717) is 18.7 Å². The lowest BCUT2D eigenvalue weighted by Crippen LogP contribution is -2.65. The number of aromatic nitrogens is 2. The van der Waals surface area contributed by atoms with E-state index in [-0.39, 0.29) is 39.3 Å². The molecule has 3 rings (SSSR count). The van der Waals surface area contributed by atoms with Crippen LogP contribution in [0.1, 0.15) is 75.1 Å². The van der Waals surface area contributed by atoms with Crippen LogP contribution >= 0.6 is 15.9 Å². The first-order chi connectivity index (χ1) is 16.2. The number of ether oxygens (including phenoxy) is 1. The van der Waals surface area contributed by atoms with Crippen molar-refractivity contribution in [2.24, 2.45) is 0 Å². The van der Waals surface area contributed by atoms with Crippen molar-refractivity contribution in [2.45, 2.75) is 102 Å². The maximum Gasteiger partial charge on any atom is 0.335 e. The van der Waals surface area contributed by atoms with Gasteiger partial charge in [-0.3, -0.25) is 14.3 Å². The summed E-state index contributed by atoms with van der Waals surface area (Å²) in [5, 5.41) is 0. The first-order valence-corrected chi connectivity index (χ1v) is 16.8. The summed E-state index contributed by atoms with van der Waals surface area (Å²) < 4.78 is 36.5. The second-order valence-electron chi connectivity index (χ2n) is 10.5. The highest BCUT2D eigenvalue weighted by Gasteiger charge is 2.60. The van der Waals surface area contributed by atoms with Crippen LogP contribution < -0.4 is 11.2 Å². The van der Waals surface area contributed by atoms with Gasteiger partial charge in [-0.15, -0.1) is 0 Å². The van der Waals surface area contributed by atoms with Crippen molar-refractivity contribution in [1.29, 1.82) is 0 Å². The maximum atomic E-state index is 12.8. The second kappa shape index (κ2) is 10.7. The number of nitrogens with one attached hydrogen (secondary N) is 1. The highest BCUT2D eigenvalue weighted by molar-refractivity contribution is 9.11. The summed E-state index contributed by atoms with van der Waals surface area (Å²) >= 11 is 3.08. The van der Waals surface area contributed by atoms with Gasteiger partial charge in [-0.1, -0.05) is 71.3 Å². The zero-order valence-electron chi connectivity index (χ0n) is 22.4. The first kappa shape index (κ1) is 26.2. The molecule has 0 aromatic carbocycles. The van der Waals surface area contributed by atoms with E-state index in [1.54, 1.807) is 0 Å². The molecule has 0 unspecified atom stereocenters. The van der Waals surface area contributed by atoms with Crippen molar-refractivity contribution in [2.75, 3.05) is 6.61 Å². The largest absolute Gasteiger partial charge is 0.414 e. The molecule has 0 radical (unpaired) electrons. The molecule has 2 fully saturated rings. The van der Waals surface area contributed by atoms with E-state index in [9.17, 15) is 9.59 Å². The monoisotopic (exact) mass is 575 g/mol. The van der Waals surface area contributed by atoms with Crippen molar-refractivity contribution in [1.82, 2.24) is 9.55 Å². The average Bonchev–Trinajstić information content (AvgIpc) is 3.07. The van der Waals surface area contributed by atoms with Crippen molar-refractivity contribution in [3.8, 4) is 0 Å². The van der Waals surface area contributed by atoms with Crippen LogP contribution in [0.4, 0.5) is 0 Å². The molecule has 2 aliphatic rings. The Kier molecular flexibility index (Phi) is 8.22. The standard InChI is InChI=1S/C23H39BrN2O6Si2/c1-14(2)33(15(3)4)29-13-20-19(31-34(32-33,16(5)6)17(7)8)12-22(30-20)26-18(9-10-24)11-21(27)25-23(26)28/h9-11,14-17,19-20,22H,12-13H2,1-8H3,(H,25,27,28)/b10-9-/t19-,20+,22+/m0/s1/i10D. The summed E-state index contributed by atoms with van der Waals surface area (Å²) in [5.41, 5.74) is -0.0170. The molecule has 1 aromatic rings. The molecule has 0 aliphatic carbocycles.